The highest BCUT2D eigenvalue weighted by Crippen LogP contribution is 2.19. The molecule has 2 atom stereocenters. The molecule has 6 heteroatoms. The van der Waals surface area contributed by atoms with Crippen LogP contribution in [0.25, 0.3) is 0 Å². The second kappa shape index (κ2) is 6.19. The Hall–Kier alpha value is -1.08. The van der Waals surface area contributed by atoms with E-state index in [4.69, 9.17) is 5.11 Å². The van der Waals surface area contributed by atoms with Crippen molar-refractivity contribution in [3.63, 3.8) is 0 Å². The van der Waals surface area contributed by atoms with Crippen molar-refractivity contribution >= 4 is 0 Å². The lowest BCUT2D eigenvalue weighted by atomic mass is 10.1. The third-order valence-electron chi connectivity index (χ3n) is 2.52. The fraction of sp³-hybridized carbons (Fsp3) is 0.500. The van der Waals surface area contributed by atoms with Gasteiger partial charge in [-0.3, -0.25) is 0 Å². The van der Waals surface area contributed by atoms with Gasteiger partial charge in [-0.1, -0.05) is 6.07 Å². The lowest BCUT2D eigenvalue weighted by Crippen LogP contribution is -2.42. The van der Waals surface area contributed by atoms with Crippen LogP contribution in [0.15, 0.2) is 18.2 Å². The Kier molecular flexibility index (Phi) is 5.15. The molecule has 0 aliphatic carbocycles. The molecule has 1 aromatic rings. The first-order chi connectivity index (χ1) is 8.37. The lowest BCUT2D eigenvalue weighted by molar-refractivity contribution is 0.000607. The smallest absolute Gasteiger partial charge is 0.131 e. The van der Waals surface area contributed by atoms with Crippen LogP contribution in [0.3, 0.4) is 0 Å². The minimum absolute atomic E-state index is 0.00334. The Labute approximate surface area is 104 Å². The van der Waals surface area contributed by atoms with Gasteiger partial charge in [0.1, 0.15) is 11.6 Å². The fourth-order valence-corrected chi connectivity index (χ4v) is 1.47. The minimum Gasteiger partial charge on any atom is -0.393 e. The highest BCUT2D eigenvalue weighted by atomic mass is 19.1. The summed E-state index contributed by atoms with van der Waals surface area (Å²) in [4.78, 5) is 0. The van der Waals surface area contributed by atoms with Crippen molar-refractivity contribution in [3.8, 4) is 0 Å². The summed E-state index contributed by atoms with van der Waals surface area (Å²) in [5, 5.41) is 30.6. The van der Waals surface area contributed by atoms with Crippen molar-refractivity contribution < 1.29 is 24.1 Å². The van der Waals surface area contributed by atoms with Gasteiger partial charge in [0.15, 0.2) is 0 Å². The molecule has 0 heterocycles. The summed E-state index contributed by atoms with van der Waals surface area (Å²) >= 11 is 0. The van der Waals surface area contributed by atoms with E-state index in [1.165, 1.54) is 13.0 Å². The van der Waals surface area contributed by atoms with E-state index in [0.29, 0.717) is 0 Å². The molecule has 2 unspecified atom stereocenters. The molecular weight excluding hydrogens is 244 g/mol. The molecule has 4 N–H and O–H groups in total. The summed E-state index contributed by atoms with van der Waals surface area (Å²) in [5.41, 5.74) is -1.75. The molecule has 0 aliphatic heterocycles. The summed E-state index contributed by atoms with van der Waals surface area (Å²) in [7, 11) is 0. The van der Waals surface area contributed by atoms with Crippen LogP contribution >= 0.6 is 0 Å². The van der Waals surface area contributed by atoms with E-state index in [-0.39, 0.29) is 13.1 Å². The minimum atomic E-state index is -1.36. The zero-order valence-electron chi connectivity index (χ0n) is 10.0. The van der Waals surface area contributed by atoms with E-state index < -0.39 is 35.5 Å². The molecule has 0 bridgehead atoms. The first-order valence-corrected chi connectivity index (χ1v) is 5.53. The first kappa shape index (κ1) is 15.0. The number of rotatable bonds is 6. The average Bonchev–Trinajstić information content (AvgIpc) is 2.28. The van der Waals surface area contributed by atoms with E-state index in [0.717, 1.165) is 12.1 Å². The standard InChI is InChI=1S/C12H17F2NO3/c1-12(18,7-16)6-15-5-10(17)11-8(13)3-2-4-9(11)14/h2-4,10,15-18H,5-7H2,1H3. The van der Waals surface area contributed by atoms with Gasteiger partial charge >= 0.3 is 0 Å². The molecule has 0 aromatic heterocycles. The third-order valence-corrected chi connectivity index (χ3v) is 2.52. The monoisotopic (exact) mass is 261 g/mol. The Balaban J connectivity index is 2.58. The Bertz CT molecular complexity index is 379. The second-order valence-electron chi connectivity index (χ2n) is 4.44. The highest BCUT2D eigenvalue weighted by Gasteiger charge is 2.21. The van der Waals surface area contributed by atoms with Gasteiger partial charge in [-0.15, -0.1) is 0 Å². The third kappa shape index (κ3) is 3.99. The molecule has 0 saturated carbocycles. The van der Waals surface area contributed by atoms with Crippen LogP contribution in [0, 0.1) is 11.6 Å². The number of halogens is 2. The molecule has 1 rings (SSSR count). The molecule has 102 valence electrons. The number of aliphatic hydroxyl groups is 3. The van der Waals surface area contributed by atoms with E-state index in [1.54, 1.807) is 0 Å². The molecule has 0 radical (unpaired) electrons. The van der Waals surface area contributed by atoms with Crippen molar-refractivity contribution in [3.05, 3.63) is 35.4 Å². The van der Waals surface area contributed by atoms with Crippen molar-refractivity contribution in [2.45, 2.75) is 18.6 Å². The van der Waals surface area contributed by atoms with Gasteiger partial charge in [0.2, 0.25) is 0 Å². The quantitative estimate of drug-likeness (QED) is 0.595. The Morgan fingerprint density at radius 1 is 1.33 bits per heavy atom. The predicted octanol–water partition coefficient (Wildman–Crippen LogP) is 0.331. The molecule has 0 spiro atoms. The van der Waals surface area contributed by atoms with Crippen molar-refractivity contribution in [1.82, 2.24) is 5.32 Å². The van der Waals surface area contributed by atoms with Crippen LogP contribution in [0.1, 0.15) is 18.6 Å². The van der Waals surface area contributed by atoms with Crippen LogP contribution in [0.2, 0.25) is 0 Å². The van der Waals surface area contributed by atoms with Gasteiger partial charge in [-0.05, 0) is 19.1 Å². The van der Waals surface area contributed by atoms with Gasteiger partial charge in [-0.2, -0.15) is 0 Å². The van der Waals surface area contributed by atoms with Gasteiger partial charge in [-0.25, -0.2) is 8.78 Å². The largest absolute Gasteiger partial charge is 0.393 e. The Morgan fingerprint density at radius 2 is 1.89 bits per heavy atom. The molecule has 1 aromatic carbocycles. The van der Waals surface area contributed by atoms with Crippen molar-refractivity contribution in [2.75, 3.05) is 19.7 Å². The summed E-state index contributed by atoms with van der Waals surface area (Å²) in [5.74, 6) is -1.64. The normalized spacial score (nSPS) is 16.3. The topological polar surface area (TPSA) is 72.7 Å². The maximum Gasteiger partial charge on any atom is 0.131 e. The van der Waals surface area contributed by atoms with E-state index >= 15 is 0 Å². The van der Waals surface area contributed by atoms with E-state index in [9.17, 15) is 19.0 Å². The van der Waals surface area contributed by atoms with Crippen molar-refractivity contribution in [1.29, 1.82) is 0 Å². The molecule has 0 fully saturated rings. The number of hydrogen-bond acceptors (Lipinski definition) is 4. The number of benzene rings is 1. The lowest BCUT2D eigenvalue weighted by Gasteiger charge is -2.22. The van der Waals surface area contributed by atoms with Gasteiger partial charge in [0, 0.05) is 13.1 Å². The van der Waals surface area contributed by atoms with Gasteiger partial charge < -0.3 is 20.6 Å². The molecular formula is C12H17F2NO3. The molecule has 18 heavy (non-hydrogen) atoms. The first-order valence-electron chi connectivity index (χ1n) is 5.53. The van der Waals surface area contributed by atoms with E-state index in [1.807, 2.05) is 0 Å². The number of nitrogens with one attached hydrogen (secondary N) is 1. The van der Waals surface area contributed by atoms with Crippen LogP contribution in [-0.4, -0.2) is 40.6 Å². The highest BCUT2D eigenvalue weighted by molar-refractivity contribution is 5.22. The number of aliphatic hydroxyl groups excluding tert-OH is 2. The zero-order valence-corrected chi connectivity index (χ0v) is 10.0. The summed E-state index contributed by atoms with van der Waals surface area (Å²) in [6.07, 6.45) is -1.36. The Morgan fingerprint density at radius 3 is 2.39 bits per heavy atom. The maximum atomic E-state index is 13.3. The predicted molar refractivity (Wildman–Crippen MR) is 61.9 cm³/mol. The number of hydrogen-bond donors (Lipinski definition) is 4. The van der Waals surface area contributed by atoms with Gasteiger partial charge in [0.25, 0.3) is 0 Å². The summed E-state index contributed by atoms with van der Waals surface area (Å²) in [6, 6.07) is 3.34. The SMILES string of the molecule is CC(O)(CO)CNCC(O)c1c(F)cccc1F. The molecule has 0 saturated heterocycles. The second-order valence-corrected chi connectivity index (χ2v) is 4.44. The molecule has 0 aliphatic rings. The van der Waals surface area contributed by atoms with Crippen LogP contribution in [-0.2, 0) is 0 Å². The van der Waals surface area contributed by atoms with Crippen LogP contribution < -0.4 is 5.32 Å². The van der Waals surface area contributed by atoms with Gasteiger partial charge in [0.05, 0.1) is 23.9 Å². The average molecular weight is 261 g/mol. The molecule has 0 amide bonds. The summed E-state index contributed by atoms with van der Waals surface area (Å²) in [6.45, 7) is 0.810. The zero-order chi connectivity index (χ0) is 13.8. The van der Waals surface area contributed by atoms with Crippen LogP contribution in [0.5, 0.6) is 0 Å². The summed E-state index contributed by atoms with van der Waals surface area (Å²) < 4.78 is 26.6. The van der Waals surface area contributed by atoms with E-state index in [2.05, 4.69) is 5.32 Å². The molecule has 4 nitrogen and oxygen atoms in total. The maximum absolute atomic E-state index is 13.3. The van der Waals surface area contributed by atoms with Crippen molar-refractivity contribution in [2.24, 2.45) is 0 Å². The van der Waals surface area contributed by atoms with Crippen LogP contribution in [0.4, 0.5) is 8.78 Å². The fourth-order valence-electron chi connectivity index (χ4n) is 1.47.